The highest BCUT2D eigenvalue weighted by Crippen LogP contribution is 2.41. The van der Waals surface area contributed by atoms with Crippen LogP contribution in [0, 0.1) is 0 Å². The number of rotatable bonds is 7. The molecule has 26 heavy (non-hydrogen) atoms. The van der Waals surface area contributed by atoms with Crippen molar-refractivity contribution < 1.29 is 14.3 Å². The van der Waals surface area contributed by atoms with Gasteiger partial charge in [0.25, 0.3) is 0 Å². The van der Waals surface area contributed by atoms with Gasteiger partial charge in [0.05, 0.1) is 23.4 Å². The van der Waals surface area contributed by atoms with E-state index in [0.29, 0.717) is 24.7 Å². The SMILES string of the molecule is CCOc1cc(OCC)c(-c2cc3ccc(CC)cn3c2C=O)cc1Br. The van der Waals surface area contributed by atoms with Gasteiger partial charge < -0.3 is 13.9 Å². The van der Waals surface area contributed by atoms with Gasteiger partial charge in [-0.1, -0.05) is 13.0 Å². The van der Waals surface area contributed by atoms with Gasteiger partial charge >= 0.3 is 0 Å². The van der Waals surface area contributed by atoms with Gasteiger partial charge in [0.2, 0.25) is 0 Å². The van der Waals surface area contributed by atoms with Gasteiger partial charge in [-0.25, -0.2) is 0 Å². The minimum absolute atomic E-state index is 0.532. The molecule has 0 fully saturated rings. The Bertz CT molecular complexity index is 946. The van der Waals surface area contributed by atoms with Crippen molar-refractivity contribution in [2.45, 2.75) is 27.2 Å². The fraction of sp³-hybridized carbons (Fsp3) is 0.286. The van der Waals surface area contributed by atoms with Crippen molar-refractivity contribution in [2.75, 3.05) is 13.2 Å². The zero-order valence-corrected chi connectivity index (χ0v) is 16.8. The quantitative estimate of drug-likeness (QED) is 0.475. The van der Waals surface area contributed by atoms with Gasteiger partial charge in [0.1, 0.15) is 11.5 Å². The molecule has 0 unspecified atom stereocenters. The van der Waals surface area contributed by atoms with Crippen LogP contribution in [-0.4, -0.2) is 23.9 Å². The van der Waals surface area contributed by atoms with Crippen molar-refractivity contribution in [1.29, 1.82) is 0 Å². The van der Waals surface area contributed by atoms with Crippen LogP contribution in [0.25, 0.3) is 16.6 Å². The maximum atomic E-state index is 11.9. The van der Waals surface area contributed by atoms with Crippen LogP contribution in [0.15, 0.2) is 41.0 Å². The molecule has 3 rings (SSSR count). The van der Waals surface area contributed by atoms with Gasteiger partial charge in [-0.2, -0.15) is 0 Å². The first-order valence-electron chi connectivity index (χ1n) is 8.81. The molecular weight excluding hydrogens is 394 g/mol. The lowest BCUT2D eigenvalue weighted by Gasteiger charge is -2.14. The van der Waals surface area contributed by atoms with Crippen molar-refractivity contribution >= 4 is 27.7 Å². The lowest BCUT2D eigenvalue weighted by atomic mass is 10.0. The average Bonchev–Trinajstić information content (AvgIpc) is 3.01. The van der Waals surface area contributed by atoms with Crippen LogP contribution < -0.4 is 9.47 Å². The monoisotopic (exact) mass is 415 g/mol. The first-order valence-corrected chi connectivity index (χ1v) is 9.60. The van der Waals surface area contributed by atoms with Crippen molar-refractivity contribution in [3.05, 3.63) is 52.3 Å². The second kappa shape index (κ2) is 7.96. The molecule has 0 bridgehead atoms. The van der Waals surface area contributed by atoms with Crippen molar-refractivity contribution in [3.63, 3.8) is 0 Å². The van der Waals surface area contributed by atoms with Gasteiger partial charge in [-0.3, -0.25) is 4.79 Å². The number of aromatic nitrogens is 1. The number of aryl methyl sites for hydroxylation is 1. The van der Waals surface area contributed by atoms with Crippen LogP contribution in [-0.2, 0) is 6.42 Å². The van der Waals surface area contributed by atoms with E-state index in [4.69, 9.17) is 9.47 Å². The summed E-state index contributed by atoms with van der Waals surface area (Å²) in [5.74, 6) is 1.43. The number of carbonyl (C=O) groups excluding carboxylic acids is 1. The Morgan fingerprint density at radius 3 is 2.38 bits per heavy atom. The third-order valence-corrected chi connectivity index (χ3v) is 4.93. The number of fused-ring (bicyclic) bond motifs is 1. The molecule has 0 aliphatic heterocycles. The molecule has 2 aromatic heterocycles. The van der Waals surface area contributed by atoms with Crippen LogP contribution >= 0.6 is 15.9 Å². The van der Waals surface area contributed by atoms with Crippen LogP contribution in [0.3, 0.4) is 0 Å². The first kappa shape index (κ1) is 18.5. The van der Waals surface area contributed by atoms with E-state index < -0.39 is 0 Å². The number of nitrogens with zero attached hydrogens (tertiary/aromatic N) is 1. The molecule has 0 N–H and O–H groups in total. The molecule has 136 valence electrons. The largest absolute Gasteiger partial charge is 0.493 e. The molecule has 4 nitrogen and oxygen atoms in total. The van der Waals surface area contributed by atoms with E-state index in [1.807, 2.05) is 48.7 Å². The molecule has 0 spiro atoms. The zero-order valence-electron chi connectivity index (χ0n) is 15.2. The summed E-state index contributed by atoms with van der Waals surface area (Å²) >= 11 is 3.57. The number of carbonyl (C=O) groups is 1. The number of aldehydes is 1. The van der Waals surface area contributed by atoms with Crippen LogP contribution in [0.4, 0.5) is 0 Å². The summed E-state index contributed by atoms with van der Waals surface area (Å²) in [5.41, 5.74) is 4.49. The minimum Gasteiger partial charge on any atom is -0.493 e. The van der Waals surface area contributed by atoms with E-state index in [1.165, 1.54) is 5.56 Å². The molecule has 5 heteroatoms. The zero-order chi connectivity index (χ0) is 18.7. The highest BCUT2D eigenvalue weighted by Gasteiger charge is 2.18. The van der Waals surface area contributed by atoms with Crippen LogP contribution in [0.1, 0.15) is 36.8 Å². The molecule has 0 atom stereocenters. The Morgan fingerprint density at radius 1 is 1.00 bits per heavy atom. The first-order chi connectivity index (χ1) is 12.6. The van der Waals surface area contributed by atoms with E-state index in [2.05, 4.69) is 28.9 Å². The second-order valence-electron chi connectivity index (χ2n) is 5.89. The summed E-state index contributed by atoms with van der Waals surface area (Å²) in [4.78, 5) is 11.9. The third-order valence-electron chi connectivity index (χ3n) is 4.31. The van der Waals surface area contributed by atoms with E-state index in [1.54, 1.807) is 0 Å². The second-order valence-corrected chi connectivity index (χ2v) is 6.75. The van der Waals surface area contributed by atoms with Crippen LogP contribution in [0.5, 0.6) is 11.5 Å². The molecule has 0 amide bonds. The predicted octanol–water partition coefficient (Wildman–Crippen LogP) is 5.54. The topological polar surface area (TPSA) is 39.9 Å². The van der Waals surface area contributed by atoms with E-state index in [9.17, 15) is 4.79 Å². The summed E-state index contributed by atoms with van der Waals surface area (Å²) in [7, 11) is 0. The summed E-state index contributed by atoms with van der Waals surface area (Å²) in [6, 6.07) is 9.98. The van der Waals surface area contributed by atoms with E-state index in [0.717, 1.165) is 39.6 Å². The molecule has 0 saturated heterocycles. The van der Waals surface area contributed by atoms with Crippen molar-refractivity contribution in [2.24, 2.45) is 0 Å². The smallest absolute Gasteiger partial charge is 0.167 e. The number of hydrogen-bond acceptors (Lipinski definition) is 3. The predicted molar refractivity (Wildman–Crippen MR) is 108 cm³/mol. The van der Waals surface area contributed by atoms with Gasteiger partial charge in [-0.15, -0.1) is 0 Å². The number of pyridine rings is 1. The lowest BCUT2D eigenvalue weighted by molar-refractivity contribution is 0.111. The fourth-order valence-electron chi connectivity index (χ4n) is 3.07. The van der Waals surface area contributed by atoms with Crippen LogP contribution in [0.2, 0.25) is 0 Å². The van der Waals surface area contributed by atoms with Crippen molar-refractivity contribution in [3.8, 4) is 22.6 Å². The highest BCUT2D eigenvalue weighted by atomic mass is 79.9. The Balaban J connectivity index is 2.25. The Labute approximate surface area is 161 Å². The normalized spacial score (nSPS) is 10.9. The molecule has 2 heterocycles. The molecule has 0 saturated carbocycles. The van der Waals surface area contributed by atoms with Gasteiger partial charge in [0.15, 0.2) is 6.29 Å². The third kappa shape index (κ3) is 3.36. The minimum atomic E-state index is 0.532. The summed E-state index contributed by atoms with van der Waals surface area (Å²) in [6.45, 7) is 7.08. The number of halogens is 1. The molecule has 3 aromatic rings. The van der Waals surface area contributed by atoms with Crippen molar-refractivity contribution in [1.82, 2.24) is 4.40 Å². The fourth-order valence-corrected chi connectivity index (χ4v) is 3.52. The van der Waals surface area contributed by atoms with Gasteiger partial charge in [-0.05, 0) is 60.0 Å². The highest BCUT2D eigenvalue weighted by molar-refractivity contribution is 9.10. The number of benzene rings is 1. The molecule has 0 aliphatic carbocycles. The summed E-state index contributed by atoms with van der Waals surface area (Å²) in [5, 5.41) is 0. The Hall–Kier alpha value is -2.27. The molecule has 1 aromatic carbocycles. The summed E-state index contributed by atoms with van der Waals surface area (Å²) in [6.07, 6.45) is 3.84. The Morgan fingerprint density at radius 2 is 1.73 bits per heavy atom. The standard InChI is InChI=1S/C21H22BrNO3/c1-4-14-7-8-15-9-16(19(13-24)23(15)12-14)17-10-18(22)21(26-6-3)11-20(17)25-5-2/h7-13H,4-6H2,1-3H3. The van der Waals surface area contributed by atoms with Gasteiger partial charge in [0, 0.05) is 28.9 Å². The summed E-state index contributed by atoms with van der Waals surface area (Å²) < 4.78 is 14.3. The molecule has 0 aliphatic rings. The number of ether oxygens (including phenoxy) is 2. The number of hydrogen-bond donors (Lipinski definition) is 0. The molecular formula is C21H22BrNO3. The lowest BCUT2D eigenvalue weighted by Crippen LogP contribution is -1.99. The average molecular weight is 416 g/mol. The Kier molecular flexibility index (Phi) is 5.67. The maximum absolute atomic E-state index is 11.9. The maximum Gasteiger partial charge on any atom is 0.167 e. The van der Waals surface area contributed by atoms with E-state index in [-0.39, 0.29) is 0 Å². The van der Waals surface area contributed by atoms with E-state index >= 15 is 0 Å². The molecule has 0 radical (unpaired) electrons.